The number of ether oxygens (including phenoxy) is 1. The summed E-state index contributed by atoms with van der Waals surface area (Å²) in [6.45, 7) is 3.21. The van der Waals surface area contributed by atoms with Crippen LogP contribution in [0.4, 0.5) is 0 Å². The molecule has 3 heteroatoms. The molecule has 3 unspecified atom stereocenters. The van der Waals surface area contributed by atoms with Crippen LogP contribution in [-0.2, 0) is 11.2 Å². The quantitative estimate of drug-likeness (QED) is 0.852. The van der Waals surface area contributed by atoms with E-state index in [0.29, 0.717) is 17.9 Å². The zero-order chi connectivity index (χ0) is 13.0. The van der Waals surface area contributed by atoms with E-state index in [1.54, 1.807) is 17.6 Å². The van der Waals surface area contributed by atoms with E-state index in [0.717, 1.165) is 13.0 Å². The maximum Gasteiger partial charge on any atom is 0.0465 e. The third-order valence-corrected chi connectivity index (χ3v) is 5.25. The second kappa shape index (κ2) is 6.69. The maximum atomic E-state index is 5.22. The monoisotopic (exact) mass is 267 g/mol. The van der Waals surface area contributed by atoms with Crippen LogP contribution in [0.3, 0.4) is 0 Å². The van der Waals surface area contributed by atoms with E-state index < -0.39 is 0 Å². The first-order chi connectivity index (χ1) is 8.77. The number of hydrogen-bond acceptors (Lipinski definition) is 3. The van der Waals surface area contributed by atoms with Crippen LogP contribution in [0.1, 0.15) is 42.5 Å². The largest absolute Gasteiger partial charge is 0.385 e. The molecule has 0 aromatic carbocycles. The van der Waals surface area contributed by atoms with Gasteiger partial charge in [-0.05, 0) is 55.7 Å². The number of thiophene rings is 1. The van der Waals surface area contributed by atoms with Gasteiger partial charge in [-0.1, -0.05) is 6.92 Å². The highest BCUT2D eigenvalue weighted by Gasteiger charge is 2.30. The minimum atomic E-state index is 0.578. The zero-order valence-corrected chi connectivity index (χ0v) is 12.6. The van der Waals surface area contributed by atoms with Crippen molar-refractivity contribution in [1.82, 2.24) is 5.32 Å². The highest BCUT2D eigenvalue weighted by molar-refractivity contribution is 7.10. The molecule has 3 atom stereocenters. The van der Waals surface area contributed by atoms with Gasteiger partial charge in [0.2, 0.25) is 0 Å². The Morgan fingerprint density at radius 3 is 3.11 bits per heavy atom. The number of likely N-dealkylation sites (N-methyl/N-ethyl adjacent to an activating group) is 1. The van der Waals surface area contributed by atoms with Crippen molar-refractivity contribution in [3.05, 3.63) is 21.9 Å². The third-order valence-electron chi connectivity index (χ3n) is 4.26. The number of hydrogen-bond donors (Lipinski definition) is 1. The fourth-order valence-electron chi connectivity index (χ4n) is 3.26. The first kappa shape index (κ1) is 14.0. The molecule has 1 heterocycles. The van der Waals surface area contributed by atoms with E-state index in [1.165, 1.54) is 19.3 Å². The number of methoxy groups -OCH3 is 1. The summed E-state index contributed by atoms with van der Waals surface area (Å²) in [7, 11) is 3.90. The van der Waals surface area contributed by atoms with Gasteiger partial charge in [0.25, 0.3) is 0 Å². The van der Waals surface area contributed by atoms with Crippen LogP contribution < -0.4 is 5.32 Å². The van der Waals surface area contributed by atoms with Crippen molar-refractivity contribution >= 4 is 11.3 Å². The molecule has 0 fully saturated rings. The summed E-state index contributed by atoms with van der Waals surface area (Å²) in [6, 6.07) is 2.92. The predicted molar refractivity (Wildman–Crippen MR) is 78.5 cm³/mol. The van der Waals surface area contributed by atoms with Crippen molar-refractivity contribution in [1.29, 1.82) is 0 Å². The van der Waals surface area contributed by atoms with Crippen LogP contribution in [-0.4, -0.2) is 26.8 Å². The van der Waals surface area contributed by atoms with Gasteiger partial charge in [-0.25, -0.2) is 0 Å². The van der Waals surface area contributed by atoms with E-state index in [-0.39, 0.29) is 0 Å². The second-order valence-electron chi connectivity index (χ2n) is 5.37. The van der Waals surface area contributed by atoms with Gasteiger partial charge in [0.15, 0.2) is 0 Å². The first-order valence-corrected chi connectivity index (χ1v) is 7.88. The van der Waals surface area contributed by atoms with Crippen molar-refractivity contribution in [3.63, 3.8) is 0 Å². The van der Waals surface area contributed by atoms with Gasteiger partial charge in [0, 0.05) is 30.6 Å². The SMILES string of the molecule is CNC(C(C)CCOC)C1CCCc2sccc21. The molecule has 1 aromatic rings. The van der Waals surface area contributed by atoms with Crippen LogP contribution >= 0.6 is 11.3 Å². The van der Waals surface area contributed by atoms with Gasteiger partial charge in [0.1, 0.15) is 0 Å². The fourth-order valence-corrected chi connectivity index (χ4v) is 4.26. The maximum absolute atomic E-state index is 5.22. The summed E-state index contributed by atoms with van der Waals surface area (Å²) in [5.74, 6) is 1.35. The predicted octanol–water partition coefficient (Wildman–Crippen LogP) is 3.43. The fraction of sp³-hybridized carbons (Fsp3) is 0.733. The summed E-state index contributed by atoms with van der Waals surface area (Å²) < 4.78 is 5.22. The molecule has 2 rings (SSSR count). The Bertz CT molecular complexity index is 363. The minimum Gasteiger partial charge on any atom is -0.385 e. The van der Waals surface area contributed by atoms with Crippen molar-refractivity contribution in [3.8, 4) is 0 Å². The Hall–Kier alpha value is -0.380. The summed E-state index contributed by atoms with van der Waals surface area (Å²) >= 11 is 1.93. The van der Waals surface area contributed by atoms with Crippen LogP contribution in [0.5, 0.6) is 0 Å². The van der Waals surface area contributed by atoms with E-state index in [9.17, 15) is 0 Å². The van der Waals surface area contributed by atoms with Gasteiger partial charge >= 0.3 is 0 Å². The standard InChI is InChI=1S/C15H25NOS/c1-11(7-9-17-3)15(16-2)13-5-4-6-14-12(13)8-10-18-14/h8,10-11,13,15-16H,4-7,9H2,1-3H3. The molecule has 0 saturated carbocycles. The normalized spacial score (nSPS) is 22.5. The van der Waals surface area contributed by atoms with Crippen molar-refractivity contribution in [2.24, 2.45) is 5.92 Å². The van der Waals surface area contributed by atoms with Crippen molar-refractivity contribution in [2.45, 2.75) is 44.6 Å². The molecular formula is C15H25NOS. The molecule has 0 aliphatic heterocycles. The highest BCUT2D eigenvalue weighted by Crippen LogP contribution is 2.39. The third kappa shape index (κ3) is 2.95. The smallest absolute Gasteiger partial charge is 0.0465 e. The lowest BCUT2D eigenvalue weighted by molar-refractivity contribution is 0.165. The Labute approximate surface area is 115 Å². The molecule has 1 aromatic heterocycles. The highest BCUT2D eigenvalue weighted by atomic mass is 32.1. The molecule has 18 heavy (non-hydrogen) atoms. The minimum absolute atomic E-state index is 0.578. The van der Waals surface area contributed by atoms with Gasteiger partial charge in [-0.2, -0.15) is 0 Å². The lowest BCUT2D eigenvalue weighted by Crippen LogP contribution is -2.39. The Morgan fingerprint density at radius 2 is 2.39 bits per heavy atom. The van der Waals surface area contributed by atoms with E-state index in [4.69, 9.17) is 4.74 Å². The van der Waals surface area contributed by atoms with Gasteiger partial charge in [0.05, 0.1) is 0 Å². The van der Waals surface area contributed by atoms with Gasteiger partial charge in [-0.3, -0.25) is 0 Å². The average molecular weight is 267 g/mol. The van der Waals surface area contributed by atoms with E-state index >= 15 is 0 Å². The van der Waals surface area contributed by atoms with Gasteiger partial charge < -0.3 is 10.1 Å². The topological polar surface area (TPSA) is 21.3 Å². The lowest BCUT2D eigenvalue weighted by atomic mass is 9.77. The van der Waals surface area contributed by atoms with Crippen LogP contribution in [0.2, 0.25) is 0 Å². The summed E-state index contributed by atoms with van der Waals surface area (Å²) in [5, 5.41) is 5.82. The number of aryl methyl sites for hydroxylation is 1. The molecule has 0 bridgehead atoms. The molecule has 0 radical (unpaired) electrons. The number of nitrogens with one attached hydrogen (secondary N) is 1. The molecule has 1 aliphatic rings. The molecule has 1 N–H and O–H groups in total. The molecule has 0 amide bonds. The summed E-state index contributed by atoms with van der Waals surface area (Å²) in [4.78, 5) is 1.62. The van der Waals surface area contributed by atoms with Crippen molar-refractivity contribution in [2.75, 3.05) is 20.8 Å². The molecule has 2 nitrogen and oxygen atoms in total. The van der Waals surface area contributed by atoms with E-state index in [2.05, 4.69) is 30.7 Å². The second-order valence-corrected chi connectivity index (χ2v) is 6.37. The van der Waals surface area contributed by atoms with Gasteiger partial charge in [-0.15, -0.1) is 11.3 Å². The molecule has 1 aliphatic carbocycles. The zero-order valence-electron chi connectivity index (χ0n) is 11.7. The van der Waals surface area contributed by atoms with E-state index in [1.807, 2.05) is 11.3 Å². The lowest BCUT2D eigenvalue weighted by Gasteiger charge is -2.34. The molecule has 102 valence electrons. The van der Waals surface area contributed by atoms with Crippen LogP contribution in [0.15, 0.2) is 11.4 Å². The Kier molecular flexibility index (Phi) is 5.22. The Balaban J connectivity index is 2.09. The molecule has 0 spiro atoms. The Morgan fingerprint density at radius 1 is 1.56 bits per heavy atom. The van der Waals surface area contributed by atoms with Crippen LogP contribution in [0.25, 0.3) is 0 Å². The number of rotatable bonds is 6. The van der Waals surface area contributed by atoms with Crippen molar-refractivity contribution < 1.29 is 4.74 Å². The first-order valence-electron chi connectivity index (χ1n) is 7.00. The van der Waals surface area contributed by atoms with Crippen LogP contribution in [0, 0.1) is 5.92 Å². The molecular weight excluding hydrogens is 242 g/mol. The molecule has 0 saturated heterocycles. The average Bonchev–Trinajstić information content (AvgIpc) is 2.86. The summed E-state index contributed by atoms with van der Waals surface area (Å²) in [6.07, 6.45) is 5.09. The number of fused-ring (bicyclic) bond motifs is 1. The summed E-state index contributed by atoms with van der Waals surface area (Å²) in [5.41, 5.74) is 1.61.